The predicted octanol–water partition coefficient (Wildman–Crippen LogP) is 0.569. The van der Waals surface area contributed by atoms with E-state index in [2.05, 4.69) is 9.47 Å². The zero-order valence-corrected chi connectivity index (χ0v) is 10.9. The maximum Gasteiger partial charge on any atom is 0.410 e. The Labute approximate surface area is 106 Å². The molecule has 0 spiro atoms. The lowest BCUT2D eigenvalue weighted by molar-refractivity contribution is -0.129. The molecule has 0 atom stereocenters. The number of hydrogen-bond acceptors (Lipinski definition) is 6. The van der Waals surface area contributed by atoms with Crippen molar-refractivity contribution in [1.29, 1.82) is 0 Å². The second-order valence-electron chi connectivity index (χ2n) is 4.40. The molecular weight excluding hydrogens is 242 g/mol. The van der Waals surface area contributed by atoms with E-state index in [0.29, 0.717) is 12.9 Å². The van der Waals surface area contributed by atoms with Crippen LogP contribution in [0.1, 0.15) is 20.8 Å². The van der Waals surface area contributed by atoms with Gasteiger partial charge in [0.15, 0.2) is 0 Å². The summed E-state index contributed by atoms with van der Waals surface area (Å²) in [5.41, 5.74) is -0.619. The molecule has 0 radical (unpaired) electrons. The molecule has 0 aliphatic rings. The minimum Gasteiger partial charge on any atom is -0.466 e. The lowest BCUT2D eigenvalue weighted by Gasteiger charge is -2.26. The fourth-order valence-corrected chi connectivity index (χ4v) is 1.04. The number of amides is 1. The topological polar surface area (TPSA) is 82.1 Å². The number of ether oxygens (including phenoxy) is 3. The van der Waals surface area contributed by atoms with Crippen molar-refractivity contribution in [3.8, 4) is 0 Å². The Morgan fingerprint density at radius 1 is 1.06 bits per heavy atom. The average molecular weight is 261 g/mol. The van der Waals surface area contributed by atoms with Crippen molar-refractivity contribution in [2.24, 2.45) is 0 Å². The molecular formula is C11H19NO6. The molecule has 7 nitrogen and oxygen atoms in total. The summed E-state index contributed by atoms with van der Waals surface area (Å²) in [7, 11) is 0. The van der Waals surface area contributed by atoms with Crippen molar-refractivity contribution >= 4 is 19.0 Å². The van der Waals surface area contributed by atoms with Crippen molar-refractivity contribution in [3.05, 3.63) is 0 Å². The highest BCUT2D eigenvalue weighted by Gasteiger charge is 2.21. The van der Waals surface area contributed by atoms with Crippen LogP contribution in [0.15, 0.2) is 0 Å². The summed E-state index contributed by atoms with van der Waals surface area (Å²) in [4.78, 5) is 33.1. The van der Waals surface area contributed by atoms with Gasteiger partial charge < -0.3 is 19.1 Å². The van der Waals surface area contributed by atoms with E-state index in [0.717, 1.165) is 0 Å². The van der Waals surface area contributed by atoms with E-state index in [4.69, 9.17) is 4.74 Å². The molecule has 7 heteroatoms. The summed E-state index contributed by atoms with van der Waals surface area (Å²) < 4.78 is 14.2. The SMILES string of the molecule is CC(C)(C)OC(=O)N(CCOC=O)CCOC=O. The largest absolute Gasteiger partial charge is 0.466 e. The number of rotatable bonds is 8. The first kappa shape index (κ1) is 16.2. The van der Waals surface area contributed by atoms with Crippen LogP contribution in [0.25, 0.3) is 0 Å². The van der Waals surface area contributed by atoms with Crippen LogP contribution >= 0.6 is 0 Å². The van der Waals surface area contributed by atoms with Crippen LogP contribution in [0.2, 0.25) is 0 Å². The van der Waals surface area contributed by atoms with Crippen LogP contribution in [-0.2, 0) is 23.8 Å². The van der Waals surface area contributed by atoms with E-state index < -0.39 is 11.7 Å². The third kappa shape index (κ3) is 8.37. The Morgan fingerprint density at radius 3 is 1.83 bits per heavy atom. The third-order valence-corrected chi connectivity index (χ3v) is 1.75. The van der Waals surface area contributed by atoms with Gasteiger partial charge in [0.05, 0.1) is 13.1 Å². The molecule has 0 aromatic carbocycles. The first-order chi connectivity index (χ1) is 8.40. The van der Waals surface area contributed by atoms with E-state index in [1.807, 2.05) is 0 Å². The van der Waals surface area contributed by atoms with Crippen molar-refractivity contribution in [3.63, 3.8) is 0 Å². The first-order valence-corrected chi connectivity index (χ1v) is 5.49. The minimum absolute atomic E-state index is 0.0594. The molecule has 18 heavy (non-hydrogen) atoms. The van der Waals surface area contributed by atoms with Gasteiger partial charge in [0, 0.05) is 0 Å². The lowest BCUT2D eigenvalue weighted by Crippen LogP contribution is -2.40. The molecule has 0 aromatic rings. The third-order valence-electron chi connectivity index (χ3n) is 1.75. The summed E-state index contributed by atoms with van der Waals surface area (Å²) in [6.07, 6.45) is -0.550. The van der Waals surface area contributed by atoms with Crippen LogP contribution in [0, 0.1) is 0 Å². The van der Waals surface area contributed by atoms with Gasteiger partial charge in [0.2, 0.25) is 0 Å². The molecule has 0 heterocycles. The number of carbonyl (C=O) groups excluding carboxylic acids is 3. The smallest absolute Gasteiger partial charge is 0.410 e. The molecule has 0 fully saturated rings. The Bertz CT molecular complexity index is 259. The monoisotopic (exact) mass is 261 g/mol. The maximum atomic E-state index is 11.8. The maximum absolute atomic E-state index is 11.8. The van der Waals surface area contributed by atoms with Gasteiger partial charge in [0.25, 0.3) is 12.9 Å². The van der Waals surface area contributed by atoms with E-state index in [9.17, 15) is 14.4 Å². The standard InChI is InChI=1S/C11H19NO6/c1-11(2,3)18-10(15)12(4-6-16-8-13)5-7-17-9-14/h8-9H,4-7H2,1-3H3. The van der Waals surface area contributed by atoms with Gasteiger partial charge in [-0.05, 0) is 20.8 Å². The molecule has 0 N–H and O–H groups in total. The van der Waals surface area contributed by atoms with E-state index >= 15 is 0 Å². The van der Waals surface area contributed by atoms with Gasteiger partial charge in [-0.1, -0.05) is 0 Å². The molecule has 0 unspecified atom stereocenters. The second kappa shape index (κ2) is 8.32. The highest BCUT2D eigenvalue weighted by Crippen LogP contribution is 2.09. The second-order valence-corrected chi connectivity index (χ2v) is 4.40. The molecule has 0 rings (SSSR count). The zero-order valence-electron chi connectivity index (χ0n) is 10.9. The highest BCUT2D eigenvalue weighted by atomic mass is 16.6. The van der Waals surface area contributed by atoms with Crippen LogP contribution in [0.4, 0.5) is 4.79 Å². The van der Waals surface area contributed by atoms with Crippen molar-refractivity contribution in [1.82, 2.24) is 4.90 Å². The van der Waals surface area contributed by atoms with Gasteiger partial charge in [-0.2, -0.15) is 0 Å². The van der Waals surface area contributed by atoms with Gasteiger partial charge in [0.1, 0.15) is 18.8 Å². The Morgan fingerprint density at radius 2 is 1.50 bits per heavy atom. The molecule has 104 valence electrons. The average Bonchev–Trinajstić information content (AvgIpc) is 2.25. The highest BCUT2D eigenvalue weighted by molar-refractivity contribution is 5.68. The summed E-state index contributed by atoms with van der Waals surface area (Å²) in [5, 5.41) is 0. The van der Waals surface area contributed by atoms with Crippen LogP contribution < -0.4 is 0 Å². The summed E-state index contributed by atoms with van der Waals surface area (Å²) >= 11 is 0. The van der Waals surface area contributed by atoms with Gasteiger partial charge in [-0.25, -0.2) is 4.79 Å². The van der Waals surface area contributed by atoms with Crippen molar-refractivity contribution < 1.29 is 28.6 Å². The summed E-state index contributed by atoms with van der Waals surface area (Å²) in [6, 6.07) is 0. The first-order valence-electron chi connectivity index (χ1n) is 5.49. The molecule has 0 saturated heterocycles. The number of carbonyl (C=O) groups is 3. The minimum atomic E-state index is -0.619. The Balaban J connectivity index is 4.28. The normalized spacial score (nSPS) is 10.4. The summed E-state index contributed by atoms with van der Waals surface area (Å²) in [6.45, 7) is 6.30. The molecule has 0 aromatic heterocycles. The van der Waals surface area contributed by atoms with E-state index in [1.54, 1.807) is 20.8 Å². The fraction of sp³-hybridized carbons (Fsp3) is 0.727. The summed E-state index contributed by atoms with van der Waals surface area (Å²) in [5.74, 6) is 0. The van der Waals surface area contributed by atoms with Crippen LogP contribution in [-0.4, -0.2) is 55.8 Å². The molecule has 0 aliphatic carbocycles. The van der Waals surface area contributed by atoms with Crippen molar-refractivity contribution in [2.75, 3.05) is 26.3 Å². The molecule has 0 bridgehead atoms. The Kier molecular flexibility index (Phi) is 7.50. The van der Waals surface area contributed by atoms with Crippen molar-refractivity contribution in [2.45, 2.75) is 26.4 Å². The van der Waals surface area contributed by atoms with Crippen LogP contribution in [0.5, 0.6) is 0 Å². The fourth-order valence-electron chi connectivity index (χ4n) is 1.04. The van der Waals surface area contributed by atoms with E-state index in [-0.39, 0.29) is 26.3 Å². The quantitative estimate of drug-likeness (QED) is 0.361. The van der Waals surface area contributed by atoms with Gasteiger partial charge in [-0.3, -0.25) is 9.59 Å². The van der Waals surface area contributed by atoms with Crippen LogP contribution in [0.3, 0.4) is 0 Å². The zero-order chi connectivity index (χ0) is 14.0. The molecule has 1 amide bonds. The predicted molar refractivity (Wildman–Crippen MR) is 61.8 cm³/mol. The van der Waals surface area contributed by atoms with E-state index in [1.165, 1.54) is 4.90 Å². The Hall–Kier alpha value is -1.79. The van der Waals surface area contributed by atoms with Gasteiger partial charge in [-0.15, -0.1) is 0 Å². The number of nitrogens with zero attached hydrogens (tertiary/aromatic N) is 1. The lowest BCUT2D eigenvalue weighted by atomic mass is 10.2. The molecule has 0 aliphatic heterocycles. The molecule has 0 saturated carbocycles. The number of hydrogen-bond donors (Lipinski definition) is 0. The van der Waals surface area contributed by atoms with Gasteiger partial charge >= 0.3 is 6.09 Å².